The summed E-state index contributed by atoms with van der Waals surface area (Å²) in [6.07, 6.45) is 2.02. The van der Waals surface area contributed by atoms with E-state index in [-0.39, 0.29) is 5.75 Å². The molecule has 1 atom stereocenters. The van der Waals surface area contributed by atoms with Crippen LogP contribution in [0.2, 0.25) is 5.02 Å². The Morgan fingerprint density at radius 1 is 1.23 bits per heavy atom. The van der Waals surface area contributed by atoms with Gasteiger partial charge in [0.25, 0.3) is 0 Å². The van der Waals surface area contributed by atoms with Crippen molar-refractivity contribution in [3.8, 4) is 5.75 Å². The quantitative estimate of drug-likeness (QED) is 0.680. The van der Waals surface area contributed by atoms with Crippen LogP contribution in [-0.4, -0.2) is 30.4 Å². The van der Waals surface area contributed by atoms with Gasteiger partial charge in [-0.15, -0.1) is 0 Å². The highest BCUT2D eigenvalue weighted by Gasteiger charge is 2.17. The normalized spacial score (nSPS) is 12.3. The van der Waals surface area contributed by atoms with Crippen molar-refractivity contribution in [3.63, 3.8) is 0 Å². The Bertz CT molecular complexity index is 651. The molecule has 0 saturated heterocycles. The lowest BCUT2D eigenvalue weighted by atomic mass is 10.1. The number of nitrogens with zero attached hydrogens (tertiary/aromatic N) is 1. The van der Waals surface area contributed by atoms with Gasteiger partial charge in [0.2, 0.25) is 0 Å². The minimum absolute atomic E-state index is 0.183. The van der Waals surface area contributed by atoms with E-state index >= 15 is 0 Å². The molecule has 0 bridgehead atoms. The molecule has 0 saturated carbocycles. The number of rotatable bonds is 5. The van der Waals surface area contributed by atoms with E-state index in [0.717, 1.165) is 11.1 Å². The molecule has 0 heterocycles. The highest BCUT2D eigenvalue weighted by Crippen LogP contribution is 2.14. The number of methoxy groups -OCH3 is 1. The SMILES string of the molecule is COC(=O)[C@H](Cc1ccc(O)cc1)N=Cc1ccc(Cl)cc1. The average Bonchev–Trinajstić information content (AvgIpc) is 2.54. The van der Waals surface area contributed by atoms with Crippen LogP contribution in [0.4, 0.5) is 0 Å². The van der Waals surface area contributed by atoms with Gasteiger partial charge in [-0.2, -0.15) is 0 Å². The van der Waals surface area contributed by atoms with Gasteiger partial charge in [0, 0.05) is 17.7 Å². The number of ether oxygens (including phenoxy) is 1. The number of aromatic hydroxyl groups is 1. The van der Waals surface area contributed by atoms with Gasteiger partial charge in [0.15, 0.2) is 6.04 Å². The highest BCUT2D eigenvalue weighted by atomic mass is 35.5. The molecule has 1 N–H and O–H groups in total. The van der Waals surface area contributed by atoms with E-state index in [1.165, 1.54) is 7.11 Å². The van der Waals surface area contributed by atoms with Crippen LogP contribution in [0.15, 0.2) is 53.5 Å². The third-order valence-electron chi connectivity index (χ3n) is 3.11. The van der Waals surface area contributed by atoms with Crippen LogP contribution in [0.25, 0.3) is 0 Å². The molecule has 5 heteroatoms. The Kier molecular flexibility index (Phi) is 5.55. The summed E-state index contributed by atoms with van der Waals surface area (Å²) in [7, 11) is 1.34. The van der Waals surface area contributed by atoms with E-state index in [9.17, 15) is 9.90 Å². The molecule has 114 valence electrons. The van der Waals surface area contributed by atoms with Gasteiger partial charge in [0.1, 0.15) is 5.75 Å². The second-order valence-corrected chi connectivity index (χ2v) is 5.18. The van der Waals surface area contributed by atoms with Gasteiger partial charge in [-0.05, 0) is 35.4 Å². The number of hydrogen-bond donors (Lipinski definition) is 1. The zero-order valence-electron chi connectivity index (χ0n) is 12.1. The molecule has 0 spiro atoms. The Morgan fingerprint density at radius 3 is 2.45 bits per heavy atom. The molecule has 2 aromatic rings. The number of halogens is 1. The van der Waals surface area contributed by atoms with Crippen LogP contribution >= 0.6 is 11.6 Å². The van der Waals surface area contributed by atoms with Crippen LogP contribution in [-0.2, 0) is 16.0 Å². The van der Waals surface area contributed by atoms with Gasteiger partial charge in [-0.3, -0.25) is 4.99 Å². The maximum absolute atomic E-state index is 11.9. The predicted octanol–water partition coefficient (Wildman–Crippen LogP) is 3.25. The number of aliphatic imine (C=N–C) groups is 1. The largest absolute Gasteiger partial charge is 0.508 e. The maximum atomic E-state index is 11.9. The summed E-state index contributed by atoms with van der Waals surface area (Å²) in [4.78, 5) is 16.2. The summed E-state index contributed by atoms with van der Waals surface area (Å²) >= 11 is 5.83. The van der Waals surface area contributed by atoms with Crippen molar-refractivity contribution < 1.29 is 14.6 Å². The third kappa shape index (κ3) is 4.60. The lowest BCUT2D eigenvalue weighted by Gasteiger charge is -2.10. The zero-order chi connectivity index (χ0) is 15.9. The van der Waals surface area contributed by atoms with Crippen LogP contribution < -0.4 is 0 Å². The standard InChI is InChI=1S/C17H16ClNO3/c1-22-17(21)16(10-12-4-8-15(20)9-5-12)19-11-13-2-6-14(18)7-3-13/h2-9,11,16,20H,10H2,1H3/t16-/m0/s1. The highest BCUT2D eigenvalue weighted by molar-refractivity contribution is 6.30. The van der Waals surface area contributed by atoms with Gasteiger partial charge in [0.05, 0.1) is 7.11 Å². The molecule has 0 aliphatic carbocycles. The molecule has 0 aliphatic rings. The number of esters is 1. The molecule has 22 heavy (non-hydrogen) atoms. The molecular formula is C17H16ClNO3. The molecule has 0 aromatic heterocycles. The second-order valence-electron chi connectivity index (χ2n) is 4.74. The van der Waals surface area contributed by atoms with Crippen LogP contribution in [0.5, 0.6) is 5.75 Å². The molecule has 0 radical (unpaired) electrons. The van der Waals surface area contributed by atoms with Crippen LogP contribution in [0, 0.1) is 0 Å². The van der Waals surface area contributed by atoms with Crippen LogP contribution in [0.1, 0.15) is 11.1 Å². The van der Waals surface area contributed by atoms with Crippen molar-refractivity contribution in [3.05, 3.63) is 64.7 Å². The fourth-order valence-corrected chi connectivity index (χ4v) is 2.04. The first-order valence-electron chi connectivity index (χ1n) is 6.73. The van der Waals surface area contributed by atoms with Crippen molar-refractivity contribution in [2.45, 2.75) is 12.5 Å². The van der Waals surface area contributed by atoms with Crippen molar-refractivity contribution >= 4 is 23.8 Å². The van der Waals surface area contributed by atoms with Crippen molar-refractivity contribution in [2.24, 2.45) is 4.99 Å². The minimum Gasteiger partial charge on any atom is -0.508 e. The van der Waals surface area contributed by atoms with E-state index in [0.29, 0.717) is 11.4 Å². The number of hydrogen-bond acceptors (Lipinski definition) is 4. The smallest absolute Gasteiger partial charge is 0.330 e. The van der Waals surface area contributed by atoms with Crippen LogP contribution in [0.3, 0.4) is 0 Å². The van der Waals surface area contributed by atoms with E-state index in [4.69, 9.17) is 16.3 Å². The Hall–Kier alpha value is -2.33. The van der Waals surface area contributed by atoms with Crippen molar-refractivity contribution in [1.82, 2.24) is 0 Å². The second kappa shape index (κ2) is 7.61. The fourth-order valence-electron chi connectivity index (χ4n) is 1.91. The lowest BCUT2D eigenvalue weighted by molar-refractivity contribution is -0.142. The van der Waals surface area contributed by atoms with E-state index in [1.807, 2.05) is 12.1 Å². The van der Waals surface area contributed by atoms with E-state index in [2.05, 4.69) is 4.99 Å². The van der Waals surface area contributed by atoms with Gasteiger partial charge in [-0.1, -0.05) is 35.9 Å². The number of phenols is 1. The Balaban J connectivity index is 2.13. The number of benzene rings is 2. The Morgan fingerprint density at radius 2 is 1.86 bits per heavy atom. The first-order valence-corrected chi connectivity index (χ1v) is 7.11. The van der Waals surface area contributed by atoms with Crippen molar-refractivity contribution in [2.75, 3.05) is 7.11 Å². The summed E-state index contributed by atoms with van der Waals surface area (Å²) in [5, 5.41) is 9.93. The summed E-state index contributed by atoms with van der Waals surface area (Å²) in [6, 6.07) is 13.2. The molecular weight excluding hydrogens is 302 g/mol. The molecule has 0 aliphatic heterocycles. The number of carbonyl (C=O) groups is 1. The van der Waals surface area contributed by atoms with E-state index < -0.39 is 12.0 Å². The summed E-state index contributed by atoms with van der Waals surface area (Å²) in [5.41, 5.74) is 1.74. The Labute approximate surface area is 134 Å². The maximum Gasteiger partial charge on any atom is 0.330 e. The summed E-state index contributed by atoms with van der Waals surface area (Å²) < 4.78 is 4.79. The number of phenolic OH excluding ortho intramolecular Hbond substituents is 1. The summed E-state index contributed by atoms with van der Waals surface area (Å²) in [5.74, 6) is -0.221. The fraction of sp³-hybridized carbons (Fsp3) is 0.176. The first kappa shape index (κ1) is 16.0. The number of carbonyl (C=O) groups excluding carboxylic acids is 1. The minimum atomic E-state index is -0.634. The third-order valence-corrected chi connectivity index (χ3v) is 3.36. The average molecular weight is 318 g/mol. The first-order chi connectivity index (χ1) is 10.6. The monoisotopic (exact) mass is 317 g/mol. The van der Waals surface area contributed by atoms with Gasteiger partial charge >= 0.3 is 5.97 Å². The molecule has 0 amide bonds. The van der Waals surface area contributed by atoms with Crippen molar-refractivity contribution in [1.29, 1.82) is 0 Å². The van der Waals surface area contributed by atoms with Gasteiger partial charge < -0.3 is 9.84 Å². The van der Waals surface area contributed by atoms with E-state index in [1.54, 1.807) is 42.6 Å². The topological polar surface area (TPSA) is 58.9 Å². The molecule has 0 unspecified atom stereocenters. The predicted molar refractivity (Wildman–Crippen MR) is 86.7 cm³/mol. The molecule has 2 rings (SSSR count). The molecule has 4 nitrogen and oxygen atoms in total. The summed E-state index contributed by atoms with van der Waals surface area (Å²) in [6.45, 7) is 0. The zero-order valence-corrected chi connectivity index (χ0v) is 12.8. The molecule has 2 aromatic carbocycles. The molecule has 0 fully saturated rings. The lowest BCUT2D eigenvalue weighted by Crippen LogP contribution is -2.23. The van der Waals surface area contributed by atoms with Gasteiger partial charge in [-0.25, -0.2) is 4.79 Å².